The number of morpholine rings is 1. The number of amides is 1. The van der Waals surface area contributed by atoms with Crippen LogP contribution in [0.5, 0.6) is 5.75 Å². The van der Waals surface area contributed by atoms with E-state index < -0.39 is 5.41 Å². The van der Waals surface area contributed by atoms with Crippen molar-refractivity contribution in [2.75, 3.05) is 84.2 Å². The number of carbonyl (C=O) groups excluding carboxylic acids is 1. The fourth-order valence-corrected chi connectivity index (χ4v) is 11.8. The summed E-state index contributed by atoms with van der Waals surface area (Å²) in [6, 6.07) is 10.3. The molecule has 8 aliphatic rings. The predicted molar refractivity (Wildman–Crippen MR) is 215 cm³/mol. The number of ether oxygens (including phenoxy) is 3. The van der Waals surface area contributed by atoms with Crippen LogP contribution >= 0.6 is 11.6 Å². The Morgan fingerprint density at radius 1 is 1.05 bits per heavy atom. The second-order valence-corrected chi connectivity index (χ2v) is 18.6. The Labute approximate surface area is 332 Å². The SMILES string of the molecule is CO[C@@]1(CN2CCC(N3CCOCC3)CC2)C2=C[C@@H](C2)[C@H](C)[C@@H](C)CNC(=O)c2ccc3c(c2)N(C[C@@H]2CC[C@H]21)C[C@@]1(CCCc2c1ccc(Cl)c2F)CO3. The maximum atomic E-state index is 15.6. The monoisotopic (exact) mass is 774 g/mol. The zero-order valence-electron chi connectivity index (χ0n) is 33.1. The van der Waals surface area contributed by atoms with E-state index in [1.54, 1.807) is 6.07 Å². The van der Waals surface area contributed by atoms with Gasteiger partial charge in [0.1, 0.15) is 17.2 Å². The molecule has 3 aliphatic carbocycles. The highest BCUT2D eigenvalue weighted by Crippen LogP contribution is 2.54. The maximum absolute atomic E-state index is 15.6. The van der Waals surface area contributed by atoms with Crippen LogP contribution in [0, 0.1) is 35.4 Å². The number of carbonyl (C=O) groups is 1. The van der Waals surface area contributed by atoms with E-state index in [-0.39, 0.29) is 22.3 Å². The van der Waals surface area contributed by atoms with Crippen molar-refractivity contribution in [3.05, 3.63) is 69.5 Å². The Bertz CT molecular complexity index is 1790. The molecule has 7 atom stereocenters. The molecule has 4 bridgehead atoms. The molecule has 0 radical (unpaired) electrons. The predicted octanol–water partition coefficient (Wildman–Crippen LogP) is 7.12. The minimum Gasteiger partial charge on any atom is -0.490 e. The number of rotatable bonds is 4. The standard InChI is InChI=1S/C45H60ClFN4O4/c1-29-24-48-43(52)31-7-11-41-40(23-31)51(26-44(28-55-41)14-4-5-36-38(44)9-10-39(46)42(36)47)25-32-6-8-37(32)45(53-3,34-21-33(22-34)30(29)2)27-49-15-12-35(13-16-49)50-17-19-54-20-18-50/h7,9-11,21,23,29-30,32-33,35,37H,4-6,8,12-20,22,24-28H2,1-3H3,(H,48,52)/t29-,30+,32-,33-,37+,44-,45-/m0/s1. The first-order valence-electron chi connectivity index (χ1n) is 21.3. The Balaban J connectivity index is 1.07. The van der Waals surface area contributed by atoms with Crippen LogP contribution < -0.4 is 15.0 Å². The number of methoxy groups -OCH3 is 1. The molecular formula is C45H60ClFN4O4. The second-order valence-electron chi connectivity index (χ2n) is 18.2. The molecule has 10 heteroatoms. The van der Waals surface area contributed by atoms with Crippen molar-refractivity contribution < 1.29 is 23.4 Å². The molecule has 2 aromatic rings. The Morgan fingerprint density at radius 2 is 1.85 bits per heavy atom. The molecule has 0 aromatic heterocycles. The van der Waals surface area contributed by atoms with Crippen LogP contribution in [0.3, 0.4) is 0 Å². The topological polar surface area (TPSA) is 66.5 Å². The first-order chi connectivity index (χ1) is 26.7. The molecule has 2 aromatic carbocycles. The molecule has 8 nitrogen and oxygen atoms in total. The molecular weight excluding hydrogens is 715 g/mol. The zero-order chi connectivity index (χ0) is 37.9. The average molecular weight is 775 g/mol. The molecule has 55 heavy (non-hydrogen) atoms. The summed E-state index contributed by atoms with van der Waals surface area (Å²) < 4.78 is 35.0. The van der Waals surface area contributed by atoms with Gasteiger partial charge in [0.25, 0.3) is 5.91 Å². The summed E-state index contributed by atoms with van der Waals surface area (Å²) in [5.74, 6) is 2.46. The van der Waals surface area contributed by atoms with Gasteiger partial charge >= 0.3 is 0 Å². The van der Waals surface area contributed by atoms with E-state index in [2.05, 4.69) is 39.9 Å². The number of halogens is 2. The lowest BCUT2D eigenvalue weighted by molar-refractivity contribution is -0.109. The van der Waals surface area contributed by atoms with Crippen LogP contribution in [0.15, 0.2) is 42.0 Å². The van der Waals surface area contributed by atoms with Gasteiger partial charge in [-0.15, -0.1) is 0 Å². The van der Waals surface area contributed by atoms with Gasteiger partial charge in [0.15, 0.2) is 0 Å². The van der Waals surface area contributed by atoms with Crippen LogP contribution in [0.25, 0.3) is 0 Å². The molecule has 298 valence electrons. The number of hydrogen-bond acceptors (Lipinski definition) is 7. The van der Waals surface area contributed by atoms with Crippen LogP contribution in [0.1, 0.15) is 80.3 Å². The molecule has 3 fully saturated rings. The lowest BCUT2D eigenvalue weighted by atomic mass is 9.57. The van der Waals surface area contributed by atoms with Gasteiger partial charge in [0, 0.05) is 63.4 Å². The molecule has 1 saturated carbocycles. The molecule has 1 amide bonds. The third kappa shape index (κ3) is 6.81. The third-order valence-corrected chi connectivity index (χ3v) is 15.7. The highest BCUT2D eigenvalue weighted by molar-refractivity contribution is 6.30. The number of benzene rings is 2. The second kappa shape index (κ2) is 15.2. The summed E-state index contributed by atoms with van der Waals surface area (Å²) >= 11 is 6.35. The van der Waals surface area contributed by atoms with Crippen molar-refractivity contribution >= 4 is 23.2 Å². The van der Waals surface area contributed by atoms with Crippen molar-refractivity contribution in [2.45, 2.75) is 82.3 Å². The van der Waals surface area contributed by atoms with Crippen LogP contribution in [-0.4, -0.2) is 107 Å². The average Bonchev–Trinajstić information content (AvgIpc) is 3.33. The number of allylic oxidation sites excluding steroid dienone is 1. The van der Waals surface area contributed by atoms with Gasteiger partial charge < -0.3 is 24.4 Å². The fraction of sp³-hybridized carbons (Fsp3) is 0.667. The van der Waals surface area contributed by atoms with E-state index in [1.807, 2.05) is 31.4 Å². The summed E-state index contributed by atoms with van der Waals surface area (Å²) in [7, 11) is 1.97. The fourth-order valence-electron chi connectivity index (χ4n) is 11.6. The molecule has 5 aliphatic heterocycles. The van der Waals surface area contributed by atoms with Crippen LogP contribution in [0.2, 0.25) is 5.02 Å². The Morgan fingerprint density at radius 3 is 2.60 bits per heavy atom. The summed E-state index contributed by atoms with van der Waals surface area (Å²) in [5.41, 5.74) is 4.09. The molecule has 1 N–H and O–H groups in total. The van der Waals surface area contributed by atoms with Crippen molar-refractivity contribution in [3.63, 3.8) is 0 Å². The van der Waals surface area contributed by atoms with Gasteiger partial charge in [0.2, 0.25) is 0 Å². The lowest BCUT2D eigenvalue weighted by Gasteiger charge is -2.56. The third-order valence-electron chi connectivity index (χ3n) is 15.4. The van der Waals surface area contributed by atoms with Crippen molar-refractivity contribution in [1.82, 2.24) is 15.1 Å². The molecule has 2 saturated heterocycles. The van der Waals surface area contributed by atoms with Crippen molar-refractivity contribution in [3.8, 4) is 5.75 Å². The minimum absolute atomic E-state index is 0.0465. The number of hydrogen-bond donors (Lipinski definition) is 1. The highest BCUT2D eigenvalue weighted by Gasteiger charge is 2.54. The zero-order valence-corrected chi connectivity index (χ0v) is 33.8. The Hall–Kier alpha value is -2.69. The maximum Gasteiger partial charge on any atom is 0.251 e. The summed E-state index contributed by atoms with van der Waals surface area (Å²) in [6.45, 7) is 14.1. The smallest absolute Gasteiger partial charge is 0.251 e. The van der Waals surface area contributed by atoms with Gasteiger partial charge in [0.05, 0.1) is 30.5 Å². The number of anilines is 1. The van der Waals surface area contributed by atoms with Gasteiger partial charge in [-0.1, -0.05) is 37.6 Å². The van der Waals surface area contributed by atoms with Gasteiger partial charge in [-0.3, -0.25) is 14.6 Å². The van der Waals surface area contributed by atoms with E-state index in [0.29, 0.717) is 67.3 Å². The van der Waals surface area contributed by atoms with Crippen LogP contribution in [-0.2, 0) is 21.3 Å². The van der Waals surface area contributed by atoms with Gasteiger partial charge in [-0.2, -0.15) is 0 Å². The minimum atomic E-state index is -0.404. The van der Waals surface area contributed by atoms with E-state index in [9.17, 15) is 4.79 Å². The van der Waals surface area contributed by atoms with E-state index in [1.165, 1.54) is 18.4 Å². The molecule has 0 unspecified atom stereocenters. The molecule has 5 heterocycles. The number of nitrogens with zero attached hydrogens (tertiary/aromatic N) is 3. The molecule has 10 rings (SSSR count). The number of likely N-dealkylation sites (tertiary alicyclic amines) is 1. The summed E-state index contributed by atoms with van der Waals surface area (Å²) in [5, 5.41) is 3.46. The van der Waals surface area contributed by atoms with Crippen molar-refractivity contribution in [1.29, 1.82) is 0 Å². The van der Waals surface area contributed by atoms with Crippen molar-refractivity contribution in [2.24, 2.45) is 29.6 Å². The van der Waals surface area contributed by atoms with Crippen LogP contribution in [0.4, 0.5) is 10.1 Å². The normalized spacial score (nSPS) is 34.6. The first kappa shape index (κ1) is 37.9. The quantitative estimate of drug-likeness (QED) is 0.332. The van der Waals surface area contributed by atoms with E-state index >= 15 is 4.39 Å². The summed E-state index contributed by atoms with van der Waals surface area (Å²) in [6.07, 6.45) is 10.7. The highest BCUT2D eigenvalue weighted by atomic mass is 35.5. The summed E-state index contributed by atoms with van der Waals surface area (Å²) in [4.78, 5) is 21.6. The number of nitrogens with one attached hydrogen (secondary N) is 1. The number of piperidine rings is 1. The number of fused-ring (bicyclic) bond motifs is 6. The first-order valence-corrected chi connectivity index (χ1v) is 21.6. The molecule has 1 spiro atoms. The van der Waals surface area contributed by atoms with E-state index in [4.69, 9.17) is 25.8 Å². The largest absolute Gasteiger partial charge is 0.490 e. The van der Waals surface area contributed by atoms with Gasteiger partial charge in [-0.05, 0) is 135 Å². The lowest BCUT2D eigenvalue weighted by Crippen LogP contribution is -2.61. The van der Waals surface area contributed by atoms with Gasteiger partial charge in [-0.25, -0.2) is 4.39 Å². The Kier molecular flexibility index (Phi) is 10.5. The van der Waals surface area contributed by atoms with E-state index in [0.717, 1.165) is 107 Å².